The van der Waals surface area contributed by atoms with Crippen LogP contribution in [-0.2, 0) is 6.54 Å². The van der Waals surface area contributed by atoms with Gasteiger partial charge in [0.15, 0.2) is 0 Å². The molecule has 0 radical (unpaired) electrons. The number of anilines is 1. The van der Waals surface area contributed by atoms with Gasteiger partial charge in [0.25, 0.3) is 0 Å². The van der Waals surface area contributed by atoms with Crippen molar-refractivity contribution in [1.29, 1.82) is 5.26 Å². The summed E-state index contributed by atoms with van der Waals surface area (Å²) in [6.07, 6.45) is 0. The molecule has 1 aromatic carbocycles. The molecule has 4 heteroatoms. The lowest BCUT2D eigenvalue weighted by atomic mass is 10.1. The molecule has 0 amide bonds. The molecule has 0 saturated carbocycles. The van der Waals surface area contributed by atoms with E-state index in [9.17, 15) is 5.26 Å². The normalized spacial score (nSPS) is 16.9. The fourth-order valence-corrected chi connectivity index (χ4v) is 2.12. The Morgan fingerprint density at radius 1 is 1.29 bits per heavy atom. The maximum atomic E-state index is 9.19. The monoisotopic (exact) mass is 230 g/mol. The summed E-state index contributed by atoms with van der Waals surface area (Å²) in [6, 6.07) is 8.19. The van der Waals surface area contributed by atoms with Gasteiger partial charge in [0.1, 0.15) is 6.07 Å². The Kier molecular flexibility index (Phi) is 3.62. The number of nitrogens with two attached hydrogens (primary N) is 1. The number of nitriles is 1. The SMILES string of the molecule is CN1CCN(c2ccc(CN)cc2C#N)CC1. The third-order valence-electron chi connectivity index (χ3n) is 3.26. The second-order valence-corrected chi connectivity index (χ2v) is 4.46. The van der Waals surface area contributed by atoms with E-state index in [4.69, 9.17) is 5.73 Å². The third-order valence-corrected chi connectivity index (χ3v) is 3.26. The minimum atomic E-state index is 0.484. The smallest absolute Gasteiger partial charge is 0.101 e. The molecule has 0 aromatic heterocycles. The topological polar surface area (TPSA) is 56.3 Å². The zero-order valence-electron chi connectivity index (χ0n) is 10.2. The molecule has 2 rings (SSSR count). The first-order chi connectivity index (χ1) is 8.24. The minimum absolute atomic E-state index is 0.484. The lowest BCUT2D eigenvalue weighted by Crippen LogP contribution is -2.44. The van der Waals surface area contributed by atoms with Gasteiger partial charge in [-0.3, -0.25) is 0 Å². The average molecular weight is 230 g/mol. The van der Waals surface area contributed by atoms with E-state index < -0.39 is 0 Å². The number of hydrogen-bond acceptors (Lipinski definition) is 4. The van der Waals surface area contributed by atoms with E-state index in [1.807, 2.05) is 18.2 Å². The number of nitrogens with zero attached hydrogens (tertiary/aromatic N) is 3. The van der Waals surface area contributed by atoms with Crippen LogP contribution in [0, 0.1) is 11.3 Å². The Balaban J connectivity index is 2.23. The number of benzene rings is 1. The first-order valence-corrected chi connectivity index (χ1v) is 5.91. The van der Waals surface area contributed by atoms with E-state index in [-0.39, 0.29) is 0 Å². The molecular weight excluding hydrogens is 212 g/mol. The Bertz CT molecular complexity index is 428. The first kappa shape index (κ1) is 11.9. The predicted molar refractivity (Wildman–Crippen MR) is 68.8 cm³/mol. The molecule has 0 atom stereocenters. The highest BCUT2D eigenvalue weighted by molar-refractivity contribution is 5.60. The second kappa shape index (κ2) is 5.17. The van der Waals surface area contributed by atoms with Crippen molar-refractivity contribution in [3.8, 4) is 6.07 Å². The number of piperazine rings is 1. The molecule has 1 fully saturated rings. The van der Waals surface area contributed by atoms with Gasteiger partial charge in [-0.25, -0.2) is 0 Å². The number of rotatable bonds is 2. The molecule has 1 saturated heterocycles. The fraction of sp³-hybridized carbons (Fsp3) is 0.462. The van der Waals surface area contributed by atoms with Crippen LogP contribution in [0.15, 0.2) is 18.2 Å². The summed E-state index contributed by atoms with van der Waals surface area (Å²) in [4.78, 5) is 4.58. The quantitative estimate of drug-likeness (QED) is 0.815. The largest absolute Gasteiger partial charge is 0.368 e. The maximum Gasteiger partial charge on any atom is 0.101 e. The van der Waals surface area contributed by atoms with Crippen LogP contribution in [-0.4, -0.2) is 38.1 Å². The van der Waals surface area contributed by atoms with Crippen LogP contribution in [0.5, 0.6) is 0 Å². The predicted octanol–water partition coefficient (Wildman–Crippen LogP) is 0.769. The molecule has 0 aliphatic carbocycles. The summed E-state index contributed by atoms with van der Waals surface area (Å²) >= 11 is 0. The average Bonchev–Trinajstić information content (AvgIpc) is 2.39. The highest BCUT2D eigenvalue weighted by Crippen LogP contribution is 2.22. The van der Waals surface area contributed by atoms with Crippen molar-refractivity contribution in [2.24, 2.45) is 5.73 Å². The zero-order valence-corrected chi connectivity index (χ0v) is 10.2. The Labute approximate surface area is 102 Å². The summed E-state index contributed by atoms with van der Waals surface area (Å²) in [5, 5.41) is 9.19. The molecule has 0 unspecified atom stereocenters. The maximum absolute atomic E-state index is 9.19. The second-order valence-electron chi connectivity index (χ2n) is 4.46. The highest BCUT2D eigenvalue weighted by Gasteiger charge is 2.16. The molecule has 90 valence electrons. The summed E-state index contributed by atoms with van der Waals surface area (Å²) < 4.78 is 0. The standard InChI is InChI=1S/C13H18N4/c1-16-4-6-17(7-5-16)13-3-2-11(9-14)8-12(13)10-15/h2-3,8H,4-7,9,14H2,1H3. The van der Waals surface area contributed by atoms with Gasteiger partial charge in [0.05, 0.1) is 11.3 Å². The molecule has 0 bridgehead atoms. The van der Waals surface area contributed by atoms with Crippen LogP contribution in [0.3, 0.4) is 0 Å². The van der Waals surface area contributed by atoms with Gasteiger partial charge in [-0.15, -0.1) is 0 Å². The number of hydrogen-bond donors (Lipinski definition) is 1. The van der Waals surface area contributed by atoms with E-state index >= 15 is 0 Å². The van der Waals surface area contributed by atoms with Crippen LogP contribution < -0.4 is 10.6 Å². The molecule has 4 nitrogen and oxygen atoms in total. The Morgan fingerprint density at radius 2 is 2.00 bits per heavy atom. The minimum Gasteiger partial charge on any atom is -0.368 e. The van der Waals surface area contributed by atoms with Crippen molar-refractivity contribution in [3.05, 3.63) is 29.3 Å². The van der Waals surface area contributed by atoms with E-state index in [0.717, 1.165) is 43.0 Å². The van der Waals surface area contributed by atoms with Gasteiger partial charge in [0, 0.05) is 32.7 Å². The number of likely N-dealkylation sites (N-methyl/N-ethyl adjacent to an activating group) is 1. The van der Waals surface area contributed by atoms with Crippen LogP contribution >= 0.6 is 0 Å². The van der Waals surface area contributed by atoms with Gasteiger partial charge in [-0.2, -0.15) is 5.26 Å². The molecule has 2 N–H and O–H groups in total. The summed E-state index contributed by atoms with van der Waals surface area (Å²) in [7, 11) is 2.13. The molecule has 1 aromatic rings. The lowest BCUT2D eigenvalue weighted by Gasteiger charge is -2.34. The molecular formula is C13H18N4. The van der Waals surface area contributed by atoms with Crippen molar-refractivity contribution in [2.45, 2.75) is 6.54 Å². The van der Waals surface area contributed by atoms with Crippen molar-refractivity contribution in [3.63, 3.8) is 0 Å². The summed E-state index contributed by atoms with van der Waals surface area (Å²) in [5.74, 6) is 0. The van der Waals surface area contributed by atoms with Crippen LogP contribution in [0.4, 0.5) is 5.69 Å². The van der Waals surface area contributed by atoms with E-state index in [1.165, 1.54) is 0 Å². The molecule has 1 aliphatic heterocycles. The Hall–Kier alpha value is -1.57. The summed E-state index contributed by atoms with van der Waals surface area (Å²) in [6.45, 7) is 4.53. The lowest BCUT2D eigenvalue weighted by molar-refractivity contribution is 0.313. The zero-order chi connectivity index (χ0) is 12.3. The van der Waals surface area contributed by atoms with E-state index in [0.29, 0.717) is 6.54 Å². The van der Waals surface area contributed by atoms with Crippen molar-refractivity contribution in [2.75, 3.05) is 38.1 Å². The van der Waals surface area contributed by atoms with Crippen molar-refractivity contribution < 1.29 is 0 Å². The molecule has 17 heavy (non-hydrogen) atoms. The third kappa shape index (κ3) is 2.57. The molecule has 1 aliphatic rings. The van der Waals surface area contributed by atoms with Gasteiger partial charge in [-0.05, 0) is 24.7 Å². The van der Waals surface area contributed by atoms with Gasteiger partial charge >= 0.3 is 0 Å². The van der Waals surface area contributed by atoms with Gasteiger partial charge < -0.3 is 15.5 Å². The van der Waals surface area contributed by atoms with Gasteiger partial charge in [0.2, 0.25) is 0 Å². The Morgan fingerprint density at radius 3 is 2.59 bits per heavy atom. The van der Waals surface area contributed by atoms with Crippen LogP contribution in [0.1, 0.15) is 11.1 Å². The van der Waals surface area contributed by atoms with E-state index in [2.05, 4.69) is 22.9 Å². The van der Waals surface area contributed by atoms with Crippen LogP contribution in [0.2, 0.25) is 0 Å². The van der Waals surface area contributed by atoms with E-state index in [1.54, 1.807) is 0 Å². The van der Waals surface area contributed by atoms with Crippen LogP contribution in [0.25, 0.3) is 0 Å². The van der Waals surface area contributed by atoms with Gasteiger partial charge in [-0.1, -0.05) is 6.07 Å². The molecule has 1 heterocycles. The fourth-order valence-electron chi connectivity index (χ4n) is 2.12. The highest BCUT2D eigenvalue weighted by atomic mass is 15.2. The summed E-state index contributed by atoms with van der Waals surface area (Å²) in [5.41, 5.74) is 8.38. The first-order valence-electron chi connectivity index (χ1n) is 5.91. The van der Waals surface area contributed by atoms with Crippen molar-refractivity contribution >= 4 is 5.69 Å². The molecule has 0 spiro atoms. The van der Waals surface area contributed by atoms with Crippen molar-refractivity contribution in [1.82, 2.24) is 4.90 Å².